The molecule has 0 aliphatic rings. The van der Waals surface area contributed by atoms with E-state index in [9.17, 15) is 14.7 Å². The van der Waals surface area contributed by atoms with Gasteiger partial charge in [-0.1, -0.05) is 0 Å². The van der Waals surface area contributed by atoms with Gasteiger partial charge in [-0.2, -0.15) is 0 Å². The van der Waals surface area contributed by atoms with Crippen LogP contribution in [0.4, 0.5) is 0 Å². The topological polar surface area (TPSA) is 63.3 Å². The molecule has 0 aromatic rings. The highest BCUT2D eigenvalue weighted by atomic mass is 16.5. The van der Waals surface area contributed by atoms with Crippen molar-refractivity contribution in [2.45, 2.75) is 0 Å². The second-order valence-electron chi connectivity index (χ2n) is 0.779. The first-order valence-corrected chi connectivity index (χ1v) is 1.52. The summed E-state index contributed by atoms with van der Waals surface area (Å²) in [6.07, 6.45) is 0. The van der Waals surface area contributed by atoms with Crippen LogP contribution in [-0.2, 0) is 19.4 Å². The molecule has 0 saturated carbocycles. The minimum absolute atomic E-state index is 0.0514. The van der Waals surface area contributed by atoms with Crippen LogP contribution in [0.3, 0.4) is 0 Å². The van der Waals surface area contributed by atoms with Crippen molar-refractivity contribution >= 4 is 12.4 Å². The highest BCUT2D eigenvalue weighted by Gasteiger charge is 1.94. The largest absolute Gasteiger partial charge is 0.456 e. The Balaban J connectivity index is 2.97. The van der Waals surface area contributed by atoms with E-state index >= 15 is 0 Å². The van der Waals surface area contributed by atoms with Crippen molar-refractivity contribution < 1.29 is 19.4 Å². The summed E-state index contributed by atoms with van der Waals surface area (Å²) in [6.45, 7) is -0.612. The molecule has 1 radical (unpaired) electrons. The molecule has 39 valence electrons. The number of ether oxygens (including phenoxy) is 1. The first-order valence-electron chi connectivity index (χ1n) is 1.52. The van der Waals surface area contributed by atoms with Crippen LogP contribution in [0.5, 0.6) is 0 Å². The third-order valence-corrected chi connectivity index (χ3v) is 0.269. The zero-order valence-electron chi connectivity index (χ0n) is 3.42. The van der Waals surface area contributed by atoms with Gasteiger partial charge in [-0.3, -0.25) is 4.79 Å². The van der Waals surface area contributed by atoms with E-state index in [4.69, 9.17) is 0 Å². The normalized spacial score (nSPS) is 7.43. The van der Waals surface area contributed by atoms with Crippen molar-refractivity contribution in [3.05, 3.63) is 0 Å². The number of hydrogen-bond donors (Lipinski definition) is 0. The standard InChI is InChI=1S/C3H3O4/c4-2-7-1-3(5)6/h2H,1H2. The Hall–Kier alpha value is -1.06. The summed E-state index contributed by atoms with van der Waals surface area (Å²) in [5.41, 5.74) is 0. The zero-order valence-corrected chi connectivity index (χ0v) is 3.42. The zero-order chi connectivity index (χ0) is 5.70. The molecule has 0 saturated heterocycles. The lowest BCUT2D eigenvalue weighted by molar-refractivity contribution is -0.152. The number of carbonyl (C=O) groups excluding carboxylic acids is 2. The third kappa shape index (κ3) is 4.94. The van der Waals surface area contributed by atoms with Gasteiger partial charge in [-0.25, -0.2) is 9.90 Å². The highest BCUT2D eigenvalue weighted by molar-refractivity contribution is 5.68. The van der Waals surface area contributed by atoms with Gasteiger partial charge in [-0.05, 0) is 0 Å². The molecule has 7 heavy (non-hydrogen) atoms. The molecule has 4 heteroatoms. The predicted molar refractivity (Wildman–Crippen MR) is 17.7 cm³/mol. The van der Waals surface area contributed by atoms with Crippen LogP contribution in [0.25, 0.3) is 0 Å². The Labute approximate surface area is 39.7 Å². The lowest BCUT2D eigenvalue weighted by Crippen LogP contribution is -2.03. The number of rotatable bonds is 3. The summed E-state index contributed by atoms with van der Waals surface area (Å²) < 4.78 is 3.75. The van der Waals surface area contributed by atoms with Crippen LogP contribution in [0, 0.1) is 0 Å². The van der Waals surface area contributed by atoms with Crippen molar-refractivity contribution in [2.24, 2.45) is 0 Å². The molecule has 0 unspecified atom stereocenters. The van der Waals surface area contributed by atoms with Gasteiger partial charge in [0.1, 0.15) is 0 Å². The van der Waals surface area contributed by atoms with Gasteiger partial charge >= 0.3 is 5.97 Å². The SMILES string of the molecule is [O]C(=O)COC=O. The van der Waals surface area contributed by atoms with Crippen molar-refractivity contribution in [1.82, 2.24) is 0 Å². The lowest BCUT2D eigenvalue weighted by atomic mass is 10.8. The Morgan fingerprint density at radius 2 is 2.29 bits per heavy atom. The monoisotopic (exact) mass is 103 g/mol. The maximum absolute atomic E-state index is 9.36. The van der Waals surface area contributed by atoms with Crippen LogP contribution in [0.2, 0.25) is 0 Å². The molecule has 0 aliphatic heterocycles. The predicted octanol–water partition coefficient (Wildman–Crippen LogP) is -0.884. The summed E-state index contributed by atoms with van der Waals surface area (Å²) in [7, 11) is 0. The van der Waals surface area contributed by atoms with E-state index in [0.717, 1.165) is 0 Å². The summed E-state index contributed by atoms with van der Waals surface area (Å²) in [5.74, 6) is -1.40. The average Bonchev–Trinajstić information content (AvgIpc) is 1.61. The smallest absolute Gasteiger partial charge is 0.392 e. The van der Waals surface area contributed by atoms with E-state index in [0.29, 0.717) is 0 Å². The van der Waals surface area contributed by atoms with E-state index < -0.39 is 12.6 Å². The maximum Gasteiger partial charge on any atom is 0.392 e. The molecule has 4 nitrogen and oxygen atoms in total. The summed E-state index contributed by atoms with van der Waals surface area (Å²) >= 11 is 0. The van der Waals surface area contributed by atoms with Crippen molar-refractivity contribution in [3.63, 3.8) is 0 Å². The second-order valence-corrected chi connectivity index (χ2v) is 0.779. The number of carbonyl (C=O) groups is 2. The fraction of sp³-hybridized carbons (Fsp3) is 0.333. The first kappa shape index (κ1) is 5.94. The molecule has 0 atom stereocenters. The Morgan fingerprint density at radius 1 is 1.71 bits per heavy atom. The minimum atomic E-state index is -1.40. The summed E-state index contributed by atoms with van der Waals surface area (Å²) in [6, 6.07) is 0. The van der Waals surface area contributed by atoms with Crippen LogP contribution >= 0.6 is 0 Å². The third-order valence-electron chi connectivity index (χ3n) is 0.269. The van der Waals surface area contributed by atoms with Gasteiger partial charge in [-0.15, -0.1) is 0 Å². The van der Waals surface area contributed by atoms with Crippen LogP contribution in [0.15, 0.2) is 0 Å². The van der Waals surface area contributed by atoms with Crippen molar-refractivity contribution in [2.75, 3.05) is 6.61 Å². The van der Waals surface area contributed by atoms with Gasteiger partial charge in [0.25, 0.3) is 6.47 Å². The van der Waals surface area contributed by atoms with Gasteiger partial charge in [0.15, 0.2) is 6.61 Å². The van der Waals surface area contributed by atoms with E-state index in [1.807, 2.05) is 0 Å². The lowest BCUT2D eigenvalue weighted by Gasteiger charge is -1.82. The van der Waals surface area contributed by atoms with E-state index in [1.165, 1.54) is 0 Å². The molecule has 0 bridgehead atoms. The maximum atomic E-state index is 9.36. The van der Waals surface area contributed by atoms with E-state index in [-0.39, 0.29) is 6.47 Å². The molecule has 0 aromatic carbocycles. The van der Waals surface area contributed by atoms with Crippen LogP contribution in [0.1, 0.15) is 0 Å². The minimum Gasteiger partial charge on any atom is -0.456 e. The summed E-state index contributed by atoms with van der Waals surface area (Å²) in [4.78, 5) is 18.6. The fourth-order valence-electron chi connectivity index (χ4n) is 0.102. The van der Waals surface area contributed by atoms with Crippen molar-refractivity contribution in [1.29, 1.82) is 0 Å². The summed E-state index contributed by atoms with van der Waals surface area (Å²) in [5, 5.41) is 9.36. The van der Waals surface area contributed by atoms with Crippen LogP contribution < -0.4 is 0 Å². The second kappa shape index (κ2) is 3.14. The number of hydrogen-bond acceptors (Lipinski definition) is 3. The molecule has 0 heterocycles. The molecule has 0 aromatic heterocycles. The molecular weight excluding hydrogens is 100 g/mol. The average molecular weight is 103 g/mol. The van der Waals surface area contributed by atoms with Gasteiger partial charge in [0.2, 0.25) is 0 Å². The first-order chi connectivity index (χ1) is 3.27. The Bertz CT molecular complexity index is 77.0. The quantitative estimate of drug-likeness (QED) is 0.435. The van der Waals surface area contributed by atoms with Gasteiger partial charge in [0.05, 0.1) is 0 Å². The van der Waals surface area contributed by atoms with E-state index in [1.54, 1.807) is 0 Å². The van der Waals surface area contributed by atoms with Crippen molar-refractivity contribution in [3.8, 4) is 0 Å². The Kier molecular flexibility index (Phi) is 2.67. The molecule has 0 rings (SSSR count). The van der Waals surface area contributed by atoms with Crippen LogP contribution in [-0.4, -0.2) is 19.0 Å². The van der Waals surface area contributed by atoms with E-state index in [2.05, 4.69) is 4.74 Å². The van der Waals surface area contributed by atoms with Gasteiger partial charge < -0.3 is 4.74 Å². The molecule has 0 aliphatic carbocycles. The van der Waals surface area contributed by atoms with Gasteiger partial charge in [0, 0.05) is 0 Å². The molecule has 0 amide bonds. The molecule has 0 N–H and O–H groups in total. The molecule has 0 spiro atoms. The Morgan fingerprint density at radius 3 is 2.43 bits per heavy atom. The highest BCUT2D eigenvalue weighted by Crippen LogP contribution is 1.64. The fourth-order valence-corrected chi connectivity index (χ4v) is 0.102. The molecular formula is C3H3O4. The molecule has 0 fully saturated rings.